The third-order valence-electron chi connectivity index (χ3n) is 4.31. The second-order valence-corrected chi connectivity index (χ2v) is 7.38. The van der Waals surface area contributed by atoms with Gasteiger partial charge in [-0.3, -0.25) is 9.59 Å². The molecule has 1 aromatic heterocycles. The number of fused-ring (bicyclic) bond motifs is 1. The number of nitrogens with zero attached hydrogens (tertiary/aromatic N) is 2. The quantitative estimate of drug-likeness (QED) is 0.485. The van der Waals surface area contributed by atoms with E-state index in [9.17, 15) is 9.59 Å². The Bertz CT molecular complexity index is 1110. The summed E-state index contributed by atoms with van der Waals surface area (Å²) in [5.74, 6) is -0.726. The molecule has 0 N–H and O–H groups in total. The average molecular weight is 394 g/mol. The molecule has 0 saturated heterocycles. The number of carbonyl (C=O) groups excluding carboxylic acids is 2. The van der Waals surface area contributed by atoms with Crippen LogP contribution in [0.2, 0.25) is 0 Å². The van der Waals surface area contributed by atoms with Crippen LogP contribution in [0.5, 0.6) is 0 Å². The van der Waals surface area contributed by atoms with Crippen LogP contribution in [0.25, 0.3) is 16.3 Å². The van der Waals surface area contributed by atoms with E-state index in [1.165, 1.54) is 17.4 Å². The molecule has 3 aromatic rings. The lowest BCUT2D eigenvalue weighted by molar-refractivity contribution is -0.143. The van der Waals surface area contributed by atoms with Gasteiger partial charge in [-0.2, -0.15) is 4.99 Å². The van der Waals surface area contributed by atoms with Crippen LogP contribution in [-0.2, 0) is 20.9 Å². The molecule has 0 fully saturated rings. The molecule has 0 aliphatic carbocycles. The molecule has 1 amide bonds. The number of esters is 1. The Morgan fingerprint density at radius 1 is 1.14 bits per heavy atom. The van der Waals surface area contributed by atoms with Gasteiger partial charge in [-0.1, -0.05) is 41.7 Å². The minimum atomic E-state index is -0.374. The number of hydrogen-bond donors (Lipinski definition) is 0. The maximum absolute atomic E-state index is 12.4. The molecule has 3 rings (SSSR count). The van der Waals surface area contributed by atoms with Gasteiger partial charge in [0.1, 0.15) is 6.54 Å². The second kappa shape index (κ2) is 8.80. The zero-order valence-electron chi connectivity index (χ0n) is 16.1. The molecule has 6 heteroatoms. The maximum Gasteiger partial charge on any atom is 0.326 e. The minimum Gasteiger partial charge on any atom is -0.465 e. The summed E-state index contributed by atoms with van der Waals surface area (Å²) < 4.78 is 7.81. The van der Waals surface area contributed by atoms with Crippen LogP contribution in [0.3, 0.4) is 0 Å². The van der Waals surface area contributed by atoms with Crippen molar-refractivity contribution in [3.8, 4) is 0 Å². The second-order valence-electron chi connectivity index (χ2n) is 6.37. The normalized spacial score (nSPS) is 12.0. The Labute approximate surface area is 167 Å². The van der Waals surface area contributed by atoms with Crippen LogP contribution < -0.4 is 4.80 Å². The molecule has 0 saturated carbocycles. The summed E-state index contributed by atoms with van der Waals surface area (Å²) in [6.07, 6.45) is 3.16. The molecule has 28 heavy (non-hydrogen) atoms. The van der Waals surface area contributed by atoms with E-state index >= 15 is 0 Å². The van der Waals surface area contributed by atoms with E-state index in [1.54, 1.807) is 17.6 Å². The van der Waals surface area contributed by atoms with E-state index in [0.717, 1.165) is 26.9 Å². The summed E-state index contributed by atoms with van der Waals surface area (Å²) in [5, 5.41) is 0. The zero-order chi connectivity index (χ0) is 20.1. The summed E-state index contributed by atoms with van der Waals surface area (Å²) in [6, 6.07) is 13.6. The fourth-order valence-corrected chi connectivity index (χ4v) is 3.87. The number of hydrogen-bond acceptors (Lipinski definition) is 4. The van der Waals surface area contributed by atoms with Crippen molar-refractivity contribution in [2.75, 3.05) is 6.61 Å². The third-order valence-corrected chi connectivity index (χ3v) is 5.36. The van der Waals surface area contributed by atoms with Crippen LogP contribution in [0.4, 0.5) is 0 Å². The van der Waals surface area contributed by atoms with Gasteiger partial charge < -0.3 is 9.30 Å². The molecule has 0 unspecified atom stereocenters. The molecule has 0 bridgehead atoms. The summed E-state index contributed by atoms with van der Waals surface area (Å²) in [5.41, 5.74) is 4.07. The lowest BCUT2D eigenvalue weighted by Crippen LogP contribution is -2.22. The molecule has 5 nitrogen and oxygen atoms in total. The molecule has 0 atom stereocenters. The van der Waals surface area contributed by atoms with E-state index in [2.05, 4.69) is 11.1 Å². The van der Waals surface area contributed by atoms with Gasteiger partial charge in [0.2, 0.25) is 0 Å². The van der Waals surface area contributed by atoms with Crippen LogP contribution in [-0.4, -0.2) is 23.1 Å². The van der Waals surface area contributed by atoms with Gasteiger partial charge in [-0.05, 0) is 55.7 Å². The van der Waals surface area contributed by atoms with E-state index in [-0.39, 0.29) is 18.4 Å². The zero-order valence-corrected chi connectivity index (χ0v) is 17.0. The monoisotopic (exact) mass is 394 g/mol. The molecule has 144 valence electrons. The number of ether oxygens (including phenoxy) is 1. The smallest absolute Gasteiger partial charge is 0.326 e. The number of benzene rings is 2. The Morgan fingerprint density at radius 3 is 2.57 bits per heavy atom. The van der Waals surface area contributed by atoms with Crippen molar-refractivity contribution in [3.05, 3.63) is 70.0 Å². The van der Waals surface area contributed by atoms with Crippen molar-refractivity contribution in [2.45, 2.75) is 27.3 Å². The molecule has 0 aliphatic heterocycles. The summed E-state index contributed by atoms with van der Waals surface area (Å²) in [6.45, 7) is 6.15. The molecule has 1 heterocycles. The first-order chi connectivity index (χ1) is 13.5. The fourth-order valence-electron chi connectivity index (χ4n) is 2.76. The van der Waals surface area contributed by atoms with Crippen molar-refractivity contribution in [1.82, 2.24) is 4.57 Å². The summed E-state index contributed by atoms with van der Waals surface area (Å²) in [7, 11) is 0. The van der Waals surface area contributed by atoms with E-state index in [1.807, 2.05) is 50.2 Å². The molecular formula is C22H22N2O3S. The standard InChI is InChI=1S/C22H22N2O3S/c1-4-27-21(26)14-24-18-12-15(2)16(3)13-19(18)28-22(24)23-20(25)11-10-17-8-6-5-7-9-17/h5-13H,4,14H2,1-3H3. The predicted octanol–water partition coefficient (Wildman–Crippen LogP) is 4.02. The highest BCUT2D eigenvalue weighted by Gasteiger charge is 2.13. The van der Waals surface area contributed by atoms with Gasteiger partial charge in [-0.15, -0.1) is 0 Å². The van der Waals surface area contributed by atoms with E-state index in [4.69, 9.17) is 4.74 Å². The van der Waals surface area contributed by atoms with Crippen molar-refractivity contribution >= 4 is 39.5 Å². The Morgan fingerprint density at radius 2 is 1.86 bits per heavy atom. The highest BCUT2D eigenvalue weighted by atomic mass is 32.1. The number of amides is 1. The van der Waals surface area contributed by atoms with Gasteiger partial charge in [0.25, 0.3) is 5.91 Å². The highest BCUT2D eigenvalue weighted by molar-refractivity contribution is 7.16. The summed E-state index contributed by atoms with van der Waals surface area (Å²) >= 11 is 1.39. The van der Waals surface area contributed by atoms with Crippen molar-refractivity contribution in [3.63, 3.8) is 0 Å². The number of thiazole rings is 1. The van der Waals surface area contributed by atoms with Crippen molar-refractivity contribution in [2.24, 2.45) is 4.99 Å². The lowest BCUT2D eigenvalue weighted by Gasteiger charge is -2.06. The van der Waals surface area contributed by atoms with Crippen LogP contribution in [0, 0.1) is 13.8 Å². The first-order valence-electron chi connectivity index (χ1n) is 9.06. The number of aromatic nitrogens is 1. The Balaban J connectivity index is 2.02. The Hall–Kier alpha value is -2.99. The Kier molecular flexibility index (Phi) is 6.21. The van der Waals surface area contributed by atoms with Gasteiger partial charge in [0, 0.05) is 6.08 Å². The highest BCUT2D eigenvalue weighted by Crippen LogP contribution is 2.22. The first-order valence-corrected chi connectivity index (χ1v) is 9.87. The van der Waals surface area contributed by atoms with Gasteiger partial charge in [0.05, 0.1) is 16.8 Å². The molecular weight excluding hydrogens is 372 g/mol. The van der Waals surface area contributed by atoms with Gasteiger partial charge >= 0.3 is 5.97 Å². The number of aryl methyl sites for hydroxylation is 2. The topological polar surface area (TPSA) is 60.7 Å². The van der Waals surface area contributed by atoms with Crippen molar-refractivity contribution < 1.29 is 14.3 Å². The van der Waals surface area contributed by atoms with Gasteiger partial charge in [0.15, 0.2) is 4.80 Å². The van der Waals surface area contributed by atoms with Crippen molar-refractivity contribution in [1.29, 1.82) is 0 Å². The first kappa shape index (κ1) is 19.8. The molecule has 0 spiro atoms. The van der Waals surface area contributed by atoms with Gasteiger partial charge in [-0.25, -0.2) is 0 Å². The molecule has 0 aliphatic rings. The van der Waals surface area contributed by atoms with E-state index in [0.29, 0.717) is 11.4 Å². The third kappa shape index (κ3) is 4.64. The number of rotatable bonds is 5. The van der Waals surface area contributed by atoms with Crippen LogP contribution in [0.1, 0.15) is 23.6 Å². The largest absolute Gasteiger partial charge is 0.465 e. The van der Waals surface area contributed by atoms with E-state index < -0.39 is 0 Å². The SMILES string of the molecule is CCOC(=O)Cn1c(=NC(=O)C=Cc2ccccc2)sc2cc(C)c(C)cc21. The lowest BCUT2D eigenvalue weighted by atomic mass is 10.1. The fraction of sp³-hybridized carbons (Fsp3) is 0.227. The van der Waals surface area contributed by atoms with Crippen LogP contribution >= 0.6 is 11.3 Å². The minimum absolute atomic E-state index is 0.0187. The molecule has 2 aromatic carbocycles. The average Bonchev–Trinajstić information content (AvgIpc) is 2.97. The predicted molar refractivity (Wildman–Crippen MR) is 112 cm³/mol. The molecule has 0 radical (unpaired) electrons. The maximum atomic E-state index is 12.4. The number of carbonyl (C=O) groups is 2. The van der Waals surface area contributed by atoms with Crippen LogP contribution in [0.15, 0.2) is 53.5 Å². The summed E-state index contributed by atoms with van der Waals surface area (Å²) in [4.78, 5) is 29.2.